The van der Waals surface area contributed by atoms with Crippen LogP contribution in [0.3, 0.4) is 0 Å². The number of furan rings is 1. The third kappa shape index (κ3) is 3.95. The minimum atomic E-state index is -0.328. The van der Waals surface area contributed by atoms with Crippen LogP contribution in [0, 0.1) is 24.1 Å². The summed E-state index contributed by atoms with van der Waals surface area (Å²) in [4.78, 5) is 1.09. The maximum Gasteiger partial charge on any atom is 0.165 e. The Balaban J connectivity index is 1.80. The van der Waals surface area contributed by atoms with E-state index in [4.69, 9.17) is 4.42 Å². The van der Waals surface area contributed by atoms with E-state index >= 15 is 0 Å². The van der Waals surface area contributed by atoms with Gasteiger partial charge in [-0.3, -0.25) is 0 Å². The molecule has 3 rings (SSSR count). The SMILES string of the molecule is Cc1ccc(Sc2ccc(/C=C(/C#N)c3ccc(F)cc3)o2)cc1. The van der Waals surface area contributed by atoms with Gasteiger partial charge in [0.15, 0.2) is 5.09 Å². The fourth-order valence-electron chi connectivity index (χ4n) is 2.14. The molecule has 1 aromatic heterocycles. The first kappa shape index (κ1) is 16.1. The number of nitrogens with zero attached hydrogens (tertiary/aromatic N) is 1. The summed E-state index contributed by atoms with van der Waals surface area (Å²) in [5.74, 6) is 0.260. The monoisotopic (exact) mass is 335 g/mol. The zero-order valence-electron chi connectivity index (χ0n) is 13.0. The standard InChI is InChI=1S/C20H14FNOS/c1-14-2-9-19(10-3-14)24-20-11-8-18(23-20)12-16(13-22)15-4-6-17(21)7-5-15/h2-12H,1H3/b16-12-. The van der Waals surface area contributed by atoms with E-state index in [1.807, 2.05) is 31.2 Å². The van der Waals surface area contributed by atoms with E-state index in [9.17, 15) is 9.65 Å². The molecule has 2 aromatic carbocycles. The van der Waals surface area contributed by atoms with Crippen molar-refractivity contribution in [2.75, 3.05) is 0 Å². The van der Waals surface area contributed by atoms with Gasteiger partial charge in [0.05, 0.1) is 11.6 Å². The van der Waals surface area contributed by atoms with E-state index in [0.717, 1.165) is 9.99 Å². The van der Waals surface area contributed by atoms with Gasteiger partial charge in [-0.25, -0.2) is 4.39 Å². The summed E-state index contributed by atoms with van der Waals surface area (Å²) in [5, 5.41) is 10.1. The van der Waals surface area contributed by atoms with Crippen LogP contribution in [0.1, 0.15) is 16.9 Å². The Morgan fingerprint density at radius 3 is 2.42 bits per heavy atom. The number of aryl methyl sites for hydroxylation is 1. The van der Waals surface area contributed by atoms with E-state index in [2.05, 4.69) is 18.2 Å². The number of hydrogen-bond donors (Lipinski definition) is 0. The highest BCUT2D eigenvalue weighted by atomic mass is 32.2. The zero-order chi connectivity index (χ0) is 16.9. The molecule has 0 saturated heterocycles. The van der Waals surface area contributed by atoms with Gasteiger partial charge in [-0.15, -0.1) is 0 Å². The first-order chi connectivity index (χ1) is 11.6. The lowest BCUT2D eigenvalue weighted by molar-refractivity contribution is 0.466. The second kappa shape index (κ2) is 7.20. The summed E-state index contributed by atoms with van der Waals surface area (Å²) < 4.78 is 18.7. The topological polar surface area (TPSA) is 36.9 Å². The molecule has 0 radical (unpaired) electrons. The molecule has 0 atom stereocenters. The van der Waals surface area contributed by atoms with Crippen LogP contribution in [-0.2, 0) is 0 Å². The van der Waals surface area contributed by atoms with Crippen molar-refractivity contribution < 1.29 is 8.81 Å². The summed E-state index contributed by atoms with van der Waals surface area (Å²) in [6.45, 7) is 2.04. The largest absolute Gasteiger partial charge is 0.450 e. The van der Waals surface area contributed by atoms with E-state index in [-0.39, 0.29) is 5.82 Å². The van der Waals surface area contributed by atoms with E-state index in [1.165, 1.54) is 29.5 Å². The highest BCUT2D eigenvalue weighted by Gasteiger charge is 2.06. The molecule has 3 aromatic rings. The van der Waals surface area contributed by atoms with E-state index < -0.39 is 0 Å². The van der Waals surface area contributed by atoms with Gasteiger partial charge in [0.1, 0.15) is 11.6 Å². The molecule has 24 heavy (non-hydrogen) atoms. The Kier molecular flexibility index (Phi) is 4.83. The number of allylic oxidation sites excluding steroid dienone is 1. The smallest absolute Gasteiger partial charge is 0.165 e. The summed E-state index contributed by atoms with van der Waals surface area (Å²) in [6.07, 6.45) is 1.66. The Morgan fingerprint density at radius 1 is 1.04 bits per heavy atom. The van der Waals surface area contributed by atoms with Gasteiger partial charge >= 0.3 is 0 Å². The molecule has 0 aliphatic carbocycles. The minimum absolute atomic E-state index is 0.328. The van der Waals surface area contributed by atoms with Crippen LogP contribution < -0.4 is 0 Å². The molecule has 4 heteroatoms. The summed E-state index contributed by atoms with van der Waals surface area (Å²) in [6, 6.07) is 19.8. The molecule has 0 aliphatic rings. The van der Waals surface area contributed by atoms with Crippen molar-refractivity contribution in [2.45, 2.75) is 16.9 Å². The van der Waals surface area contributed by atoms with Crippen LogP contribution in [0.5, 0.6) is 0 Å². The zero-order valence-corrected chi connectivity index (χ0v) is 13.8. The van der Waals surface area contributed by atoms with Crippen molar-refractivity contribution in [3.63, 3.8) is 0 Å². The van der Waals surface area contributed by atoms with Crippen molar-refractivity contribution in [3.8, 4) is 6.07 Å². The molecule has 118 valence electrons. The summed E-state index contributed by atoms with van der Waals surface area (Å²) >= 11 is 1.52. The Morgan fingerprint density at radius 2 is 1.75 bits per heavy atom. The Bertz CT molecular complexity index is 902. The van der Waals surface area contributed by atoms with Gasteiger partial charge in [0.2, 0.25) is 0 Å². The number of nitriles is 1. The third-order valence-corrected chi connectivity index (χ3v) is 4.33. The summed E-state index contributed by atoms with van der Waals surface area (Å²) in [7, 11) is 0. The highest BCUT2D eigenvalue weighted by molar-refractivity contribution is 7.99. The average Bonchev–Trinajstić information content (AvgIpc) is 3.03. The maximum absolute atomic E-state index is 13.0. The van der Waals surface area contributed by atoms with Crippen molar-refractivity contribution in [2.24, 2.45) is 0 Å². The Labute approximate surface area is 144 Å². The van der Waals surface area contributed by atoms with Crippen LogP contribution >= 0.6 is 11.8 Å². The lowest BCUT2D eigenvalue weighted by atomic mass is 10.1. The molecule has 0 unspecified atom stereocenters. The van der Waals surface area contributed by atoms with Gasteiger partial charge < -0.3 is 4.42 Å². The lowest BCUT2D eigenvalue weighted by Crippen LogP contribution is -1.82. The highest BCUT2D eigenvalue weighted by Crippen LogP contribution is 2.30. The molecular formula is C20H14FNOS. The van der Waals surface area contributed by atoms with Gasteiger partial charge in [0, 0.05) is 4.90 Å². The molecule has 0 amide bonds. The van der Waals surface area contributed by atoms with Gasteiger partial charge in [-0.2, -0.15) is 5.26 Å². The molecule has 0 N–H and O–H groups in total. The molecule has 0 fully saturated rings. The van der Waals surface area contributed by atoms with Crippen molar-refractivity contribution in [1.82, 2.24) is 0 Å². The number of benzene rings is 2. The van der Waals surface area contributed by atoms with Gasteiger partial charge in [0.25, 0.3) is 0 Å². The molecule has 0 aliphatic heterocycles. The fourth-order valence-corrected chi connectivity index (χ4v) is 2.92. The van der Waals surface area contributed by atoms with Crippen LogP contribution in [0.25, 0.3) is 11.6 Å². The first-order valence-corrected chi connectivity index (χ1v) is 8.18. The molecular weight excluding hydrogens is 321 g/mol. The average molecular weight is 335 g/mol. The van der Waals surface area contributed by atoms with Gasteiger partial charge in [-0.05, 0) is 55.0 Å². The van der Waals surface area contributed by atoms with Gasteiger partial charge in [-0.1, -0.05) is 41.6 Å². The molecule has 0 saturated carbocycles. The van der Waals surface area contributed by atoms with E-state index in [0.29, 0.717) is 16.9 Å². The van der Waals surface area contributed by atoms with Crippen molar-refractivity contribution in [3.05, 3.63) is 83.4 Å². The van der Waals surface area contributed by atoms with Crippen molar-refractivity contribution in [1.29, 1.82) is 5.26 Å². The lowest BCUT2D eigenvalue weighted by Gasteiger charge is -1.99. The molecule has 2 nitrogen and oxygen atoms in total. The number of halogens is 1. The molecule has 1 heterocycles. The predicted molar refractivity (Wildman–Crippen MR) is 93.9 cm³/mol. The Hall–Kier alpha value is -2.77. The number of hydrogen-bond acceptors (Lipinski definition) is 3. The van der Waals surface area contributed by atoms with Crippen molar-refractivity contribution >= 4 is 23.4 Å². The first-order valence-electron chi connectivity index (χ1n) is 7.36. The van der Waals surface area contributed by atoms with Crippen LogP contribution in [0.2, 0.25) is 0 Å². The normalized spacial score (nSPS) is 11.3. The molecule has 0 spiro atoms. The minimum Gasteiger partial charge on any atom is -0.450 e. The van der Waals surface area contributed by atoms with Crippen LogP contribution in [-0.4, -0.2) is 0 Å². The van der Waals surface area contributed by atoms with Crippen LogP contribution in [0.4, 0.5) is 4.39 Å². The fraction of sp³-hybridized carbons (Fsp3) is 0.0500. The number of rotatable bonds is 4. The van der Waals surface area contributed by atoms with E-state index in [1.54, 1.807) is 18.2 Å². The second-order valence-corrected chi connectivity index (χ2v) is 6.33. The van der Waals surface area contributed by atoms with Crippen LogP contribution in [0.15, 0.2) is 75.1 Å². The summed E-state index contributed by atoms with van der Waals surface area (Å²) in [5.41, 5.74) is 2.29. The third-order valence-electron chi connectivity index (χ3n) is 3.40. The second-order valence-electron chi connectivity index (χ2n) is 5.25. The molecule has 0 bridgehead atoms. The predicted octanol–water partition coefficient (Wildman–Crippen LogP) is 5.94. The maximum atomic E-state index is 13.0. The quantitative estimate of drug-likeness (QED) is 0.553.